The zero-order chi connectivity index (χ0) is 13.7. The lowest BCUT2D eigenvalue weighted by Crippen LogP contribution is -2.36. The Bertz CT molecular complexity index is 434. The van der Waals surface area contributed by atoms with Gasteiger partial charge in [0.05, 0.1) is 7.11 Å². The van der Waals surface area contributed by atoms with Crippen LogP contribution in [0.25, 0.3) is 0 Å². The van der Waals surface area contributed by atoms with Crippen molar-refractivity contribution >= 4 is 11.6 Å². The summed E-state index contributed by atoms with van der Waals surface area (Å²) in [5.41, 5.74) is 1.16. The number of anilines is 1. The number of nitrogens with zero attached hydrogens (tertiary/aromatic N) is 1. The Balaban J connectivity index is 1.92. The summed E-state index contributed by atoms with van der Waals surface area (Å²) in [5.74, 6) is 1.04. The van der Waals surface area contributed by atoms with Crippen LogP contribution in [0, 0.1) is 0 Å². The second-order valence-electron chi connectivity index (χ2n) is 4.95. The van der Waals surface area contributed by atoms with Gasteiger partial charge >= 0.3 is 0 Å². The Kier molecular flexibility index (Phi) is 4.66. The summed E-state index contributed by atoms with van der Waals surface area (Å²) in [6.07, 6.45) is 2.53. The van der Waals surface area contributed by atoms with Gasteiger partial charge < -0.3 is 15.0 Å². The fraction of sp³-hybridized carbons (Fsp3) is 0.533. The Morgan fingerprint density at radius 3 is 3.11 bits per heavy atom. The van der Waals surface area contributed by atoms with Crippen LogP contribution in [-0.4, -0.2) is 32.1 Å². The van der Waals surface area contributed by atoms with Crippen molar-refractivity contribution in [2.24, 2.45) is 0 Å². The molecule has 0 saturated carbocycles. The third-order valence-electron chi connectivity index (χ3n) is 3.45. The molecule has 1 fully saturated rings. The minimum atomic E-state index is 0.167. The summed E-state index contributed by atoms with van der Waals surface area (Å²) < 4.78 is 5.24. The quantitative estimate of drug-likeness (QED) is 0.884. The van der Waals surface area contributed by atoms with Gasteiger partial charge in [0, 0.05) is 37.3 Å². The van der Waals surface area contributed by atoms with Crippen LogP contribution in [0.15, 0.2) is 24.3 Å². The van der Waals surface area contributed by atoms with E-state index in [1.807, 2.05) is 25.1 Å². The fourth-order valence-electron chi connectivity index (χ4n) is 2.45. The van der Waals surface area contributed by atoms with Crippen molar-refractivity contribution in [3.05, 3.63) is 24.3 Å². The molecule has 4 heteroatoms. The molecule has 2 rings (SSSR count). The summed E-state index contributed by atoms with van der Waals surface area (Å²) in [5, 5.41) is 3.10. The average Bonchev–Trinajstić information content (AvgIpc) is 2.87. The summed E-state index contributed by atoms with van der Waals surface area (Å²) in [7, 11) is 1.68. The van der Waals surface area contributed by atoms with E-state index in [1.165, 1.54) is 0 Å². The van der Waals surface area contributed by atoms with Crippen LogP contribution in [-0.2, 0) is 4.79 Å². The molecular weight excluding hydrogens is 240 g/mol. The van der Waals surface area contributed by atoms with Crippen molar-refractivity contribution in [1.82, 2.24) is 5.32 Å². The highest BCUT2D eigenvalue weighted by Gasteiger charge is 2.23. The maximum atomic E-state index is 11.6. The van der Waals surface area contributed by atoms with E-state index in [2.05, 4.69) is 16.3 Å². The number of hydrogen-bond donors (Lipinski definition) is 1. The van der Waals surface area contributed by atoms with Crippen molar-refractivity contribution < 1.29 is 9.53 Å². The van der Waals surface area contributed by atoms with E-state index in [1.54, 1.807) is 7.11 Å². The first-order valence-corrected chi connectivity index (χ1v) is 6.91. The normalized spacial score (nSPS) is 18.4. The van der Waals surface area contributed by atoms with Crippen LogP contribution in [0.1, 0.15) is 26.2 Å². The summed E-state index contributed by atoms with van der Waals surface area (Å²) >= 11 is 0. The lowest BCUT2D eigenvalue weighted by molar-refractivity contribution is -0.121. The van der Waals surface area contributed by atoms with E-state index in [9.17, 15) is 4.79 Å². The van der Waals surface area contributed by atoms with Crippen molar-refractivity contribution in [2.45, 2.75) is 32.2 Å². The first-order valence-electron chi connectivity index (χ1n) is 6.91. The molecule has 0 aliphatic carbocycles. The Morgan fingerprint density at radius 2 is 2.37 bits per heavy atom. The van der Waals surface area contributed by atoms with Gasteiger partial charge in [-0.25, -0.2) is 0 Å². The van der Waals surface area contributed by atoms with Gasteiger partial charge in [-0.3, -0.25) is 4.79 Å². The molecule has 0 bridgehead atoms. The molecule has 0 radical (unpaired) electrons. The van der Waals surface area contributed by atoms with E-state index >= 15 is 0 Å². The number of carbonyl (C=O) groups is 1. The number of ether oxygens (including phenoxy) is 1. The minimum absolute atomic E-state index is 0.167. The number of methoxy groups -OCH3 is 1. The lowest BCUT2D eigenvalue weighted by atomic mass is 10.2. The second-order valence-corrected chi connectivity index (χ2v) is 4.95. The number of amides is 1. The monoisotopic (exact) mass is 262 g/mol. The molecule has 19 heavy (non-hydrogen) atoms. The van der Waals surface area contributed by atoms with E-state index in [4.69, 9.17) is 4.74 Å². The zero-order valence-electron chi connectivity index (χ0n) is 11.7. The predicted molar refractivity (Wildman–Crippen MR) is 76.7 cm³/mol. The van der Waals surface area contributed by atoms with Crippen LogP contribution in [0.2, 0.25) is 0 Å². The molecule has 1 aliphatic heterocycles. The van der Waals surface area contributed by atoms with Gasteiger partial charge in [0.1, 0.15) is 5.75 Å². The van der Waals surface area contributed by atoms with E-state index < -0.39 is 0 Å². The molecular formula is C15H22N2O2. The highest BCUT2D eigenvalue weighted by Crippen LogP contribution is 2.24. The van der Waals surface area contributed by atoms with E-state index in [-0.39, 0.29) is 11.9 Å². The van der Waals surface area contributed by atoms with Gasteiger partial charge in [-0.1, -0.05) is 13.0 Å². The largest absolute Gasteiger partial charge is 0.497 e. The molecule has 1 aromatic rings. The van der Waals surface area contributed by atoms with Crippen molar-refractivity contribution in [2.75, 3.05) is 25.1 Å². The number of hydrogen-bond acceptors (Lipinski definition) is 3. The molecule has 0 unspecified atom stereocenters. The van der Waals surface area contributed by atoms with Gasteiger partial charge in [0.25, 0.3) is 0 Å². The van der Waals surface area contributed by atoms with E-state index in [0.29, 0.717) is 6.42 Å². The molecule has 1 N–H and O–H groups in total. The van der Waals surface area contributed by atoms with Gasteiger partial charge in [0.2, 0.25) is 5.91 Å². The highest BCUT2D eigenvalue weighted by molar-refractivity contribution is 5.76. The molecule has 1 amide bonds. The Morgan fingerprint density at radius 1 is 1.53 bits per heavy atom. The number of benzene rings is 1. The summed E-state index contributed by atoms with van der Waals surface area (Å²) in [6.45, 7) is 3.88. The molecule has 0 spiro atoms. The third-order valence-corrected chi connectivity index (χ3v) is 3.45. The molecule has 1 atom stereocenters. The average molecular weight is 262 g/mol. The van der Waals surface area contributed by atoms with Gasteiger partial charge in [-0.15, -0.1) is 0 Å². The first-order chi connectivity index (χ1) is 9.22. The number of nitrogens with one attached hydrogen (secondary N) is 1. The standard InChI is InChI=1S/C15H22N2O2/c1-3-5-15(18)16-12-8-9-17(11-12)13-6-4-7-14(10-13)19-2/h4,6-7,10,12H,3,5,8-9,11H2,1-2H3,(H,16,18)/t12-/m0/s1. The fourth-order valence-corrected chi connectivity index (χ4v) is 2.45. The van der Waals surface area contributed by atoms with Crippen LogP contribution < -0.4 is 15.0 Å². The van der Waals surface area contributed by atoms with Gasteiger partial charge in [0.15, 0.2) is 0 Å². The van der Waals surface area contributed by atoms with Crippen molar-refractivity contribution in [1.29, 1.82) is 0 Å². The van der Waals surface area contributed by atoms with Crippen LogP contribution in [0.3, 0.4) is 0 Å². The lowest BCUT2D eigenvalue weighted by Gasteiger charge is -2.19. The molecule has 0 aromatic heterocycles. The molecule has 4 nitrogen and oxygen atoms in total. The zero-order valence-corrected chi connectivity index (χ0v) is 11.7. The molecule has 104 valence electrons. The van der Waals surface area contributed by atoms with E-state index in [0.717, 1.165) is 37.4 Å². The smallest absolute Gasteiger partial charge is 0.220 e. The summed E-state index contributed by atoms with van der Waals surface area (Å²) in [4.78, 5) is 13.9. The minimum Gasteiger partial charge on any atom is -0.497 e. The first kappa shape index (κ1) is 13.7. The highest BCUT2D eigenvalue weighted by atomic mass is 16.5. The maximum Gasteiger partial charge on any atom is 0.220 e. The topological polar surface area (TPSA) is 41.6 Å². The molecule has 1 aromatic carbocycles. The van der Waals surface area contributed by atoms with Crippen LogP contribution in [0.5, 0.6) is 5.75 Å². The Labute approximate surface area is 114 Å². The number of carbonyl (C=O) groups excluding carboxylic acids is 1. The van der Waals surface area contributed by atoms with Crippen molar-refractivity contribution in [3.8, 4) is 5.75 Å². The molecule has 1 saturated heterocycles. The van der Waals surface area contributed by atoms with Gasteiger partial charge in [-0.05, 0) is 25.0 Å². The third kappa shape index (κ3) is 3.63. The molecule has 1 heterocycles. The maximum absolute atomic E-state index is 11.6. The number of rotatable bonds is 5. The summed E-state index contributed by atoms with van der Waals surface area (Å²) in [6, 6.07) is 8.33. The van der Waals surface area contributed by atoms with Crippen LogP contribution in [0.4, 0.5) is 5.69 Å². The predicted octanol–water partition coefficient (Wildman–Crippen LogP) is 2.19. The van der Waals surface area contributed by atoms with Crippen LogP contribution >= 0.6 is 0 Å². The van der Waals surface area contributed by atoms with Crippen molar-refractivity contribution in [3.63, 3.8) is 0 Å². The Hall–Kier alpha value is -1.71. The van der Waals surface area contributed by atoms with Gasteiger partial charge in [-0.2, -0.15) is 0 Å². The molecule has 1 aliphatic rings. The SMILES string of the molecule is CCCC(=O)N[C@H]1CCN(c2cccc(OC)c2)C1. The second kappa shape index (κ2) is 6.45.